The molecule has 1 aliphatic rings. The monoisotopic (exact) mass is 341 g/mol. The molecule has 0 radical (unpaired) electrons. The minimum atomic E-state index is -0.933. The van der Waals surface area contributed by atoms with E-state index in [4.69, 9.17) is 21.1 Å². The zero-order valence-electron chi connectivity index (χ0n) is 13.1. The van der Waals surface area contributed by atoms with Gasteiger partial charge in [-0.3, -0.25) is 4.79 Å². The van der Waals surface area contributed by atoms with E-state index in [1.54, 1.807) is 20.8 Å². The lowest BCUT2D eigenvalue weighted by Crippen LogP contribution is -2.33. The van der Waals surface area contributed by atoms with Crippen molar-refractivity contribution in [2.24, 2.45) is 5.92 Å². The van der Waals surface area contributed by atoms with E-state index in [0.717, 1.165) is 11.6 Å². The number of nitrogens with zero attached hydrogens (tertiary/aromatic N) is 1. The number of anilines is 1. The van der Waals surface area contributed by atoms with E-state index in [1.807, 2.05) is 0 Å². The molecule has 1 aromatic carbocycles. The average molecular weight is 342 g/mol. The molecule has 1 unspecified atom stereocenters. The molecular weight excluding hydrogens is 325 g/mol. The van der Waals surface area contributed by atoms with Crippen LogP contribution in [-0.2, 0) is 9.53 Å². The third-order valence-electron chi connectivity index (χ3n) is 3.20. The summed E-state index contributed by atoms with van der Waals surface area (Å²) in [6.45, 7) is 9.10. The number of halogens is 2. The first-order valence-corrected chi connectivity index (χ1v) is 7.41. The molecule has 23 heavy (non-hydrogen) atoms. The fourth-order valence-electron chi connectivity index (χ4n) is 2.07. The quantitative estimate of drug-likeness (QED) is 0.761. The number of benzene rings is 1. The molecule has 1 aliphatic heterocycles. The van der Waals surface area contributed by atoms with Crippen molar-refractivity contribution >= 4 is 29.3 Å². The van der Waals surface area contributed by atoms with Crippen molar-refractivity contribution in [3.05, 3.63) is 35.1 Å². The van der Waals surface area contributed by atoms with Crippen molar-refractivity contribution < 1.29 is 23.5 Å². The van der Waals surface area contributed by atoms with Crippen LogP contribution in [0.25, 0.3) is 0 Å². The number of amides is 2. The molecule has 1 fully saturated rings. The standard InChI is InChI=1S/C16H17ClFNO4/c1-8(2)7-22-13-6-12(11(18)5-10(13)17)19-15(20)14(9(3)4)23-16(19)21/h5-6,9,14H,1,7H2,2-4H3. The average Bonchev–Trinajstić information content (AvgIpc) is 2.74. The maximum absolute atomic E-state index is 14.2. The van der Waals surface area contributed by atoms with Crippen LogP contribution in [0.5, 0.6) is 5.75 Å². The van der Waals surface area contributed by atoms with Gasteiger partial charge in [0, 0.05) is 6.07 Å². The maximum atomic E-state index is 14.2. The lowest BCUT2D eigenvalue weighted by atomic mass is 10.1. The van der Waals surface area contributed by atoms with Crippen LogP contribution in [0.2, 0.25) is 5.02 Å². The summed E-state index contributed by atoms with van der Waals surface area (Å²) >= 11 is 5.93. The predicted molar refractivity (Wildman–Crippen MR) is 84.3 cm³/mol. The van der Waals surface area contributed by atoms with Crippen LogP contribution in [0.15, 0.2) is 24.3 Å². The molecule has 1 heterocycles. The number of imide groups is 1. The topological polar surface area (TPSA) is 55.8 Å². The Morgan fingerprint density at radius 3 is 2.65 bits per heavy atom. The lowest BCUT2D eigenvalue weighted by molar-refractivity contribution is -0.123. The van der Waals surface area contributed by atoms with Crippen molar-refractivity contribution in [1.82, 2.24) is 0 Å². The molecule has 0 N–H and O–H groups in total. The molecule has 1 saturated heterocycles. The fraction of sp³-hybridized carbons (Fsp3) is 0.375. The van der Waals surface area contributed by atoms with E-state index in [2.05, 4.69) is 6.58 Å². The second-order valence-electron chi connectivity index (χ2n) is 5.70. The van der Waals surface area contributed by atoms with Crippen LogP contribution in [0.4, 0.5) is 14.9 Å². The first-order chi connectivity index (χ1) is 10.7. The minimum Gasteiger partial charge on any atom is -0.488 e. The SMILES string of the molecule is C=C(C)COc1cc(N2C(=O)OC(C(C)C)C2=O)c(F)cc1Cl. The van der Waals surface area contributed by atoms with E-state index in [1.165, 1.54) is 6.07 Å². The highest BCUT2D eigenvalue weighted by atomic mass is 35.5. The summed E-state index contributed by atoms with van der Waals surface area (Å²) in [5.74, 6) is -1.49. The molecule has 1 atom stereocenters. The Morgan fingerprint density at radius 1 is 1.48 bits per heavy atom. The second-order valence-corrected chi connectivity index (χ2v) is 6.11. The Labute approximate surface area is 138 Å². The number of ether oxygens (including phenoxy) is 2. The first-order valence-electron chi connectivity index (χ1n) is 7.03. The van der Waals surface area contributed by atoms with Gasteiger partial charge in [-0.15, -0.1) is 0 Å². The number of hydrogen-bond donors (Lipinski definition) is 0. The molecule has 2 amide bonds. The normalized spacial score (nSPS) is 17.7. The smallest absolute Gasteiger partial charge is 0.422 e. The zero-order chi connectivity index (χ0) is 17.3. The first kappa shape index (κ1) is 17.3. The zero-order valence-corrected chi connectivity index (χ0v) is 13.8. The largest absolute Gasteiger partial charge is 0.488 e. The molecule has 2 rings (SSSR count). The molecule has 0 bridgehead atoms. The van der Waals surface area contributed by atoms with Gasteiger partial charge in [-0.05, 0) is 24.5 Å². The Bertz CT molecular complexity index is 674. The number of hydrogen-bond acceptors (Lipinski definition) is 4. The summed E-state index contributed by atoms with van der Waals surface area (Å²) in [6.07, 6.45) is -1.85. The molecule has 1 aromatic rings. The molecule has 0 aliphatic carbocycles. The molecule has 0 spiro atoms. The molecule has 0 saturated carbocycles. The van der Waals surface area contributed by atoms with Crippen molar-refractivity contribution in [3.63, 3.8) is 0 Å². The van der Waals surface area contributed by atoms with Gasteiger partial charge in [0.25, 0.3) is 5.91 Å². The van der Waals surface area contributed by atoms with Gasteiger partial charge in [-0.2, -0.15) is 0 Å². The fourth-order valence-corrected chi connectivity index (χ4v) is 2.27. The van der Waals surface area contributed by atoms with Gasteiger partial charge in [0.05, 0.1) is 10.7 Å². The van der Waals surface area contributed by atoms with E-state index >= 15 is 0 Å². The van der Waals surface area contributed by atoms with Crippen LogP contribution < -0.4 is 9.64 Å². The van der Waals surface area contributed by atoms with Gasteiger partial charge in [-0.1, -0.05) is 32.0 Å². The van der Waals surface area contributed by atoms with Crippen LogP contribution in [0.3, 0.4) is 0 Å². The summed E-state index contributed by atoms with van der Waals surface area (Å²) in [5.41, 5.74) is 0.493. The molecular formula is C16H17ClFNO4. The van der Waals surface area contributed by atoms with Gasteiger partial charge in [0.15, 0.2) is 6.10 Å². The Balaban J connectivity index is 2.39. The van der Waals surface area contributed by atoms with Gasteiger partial charge in [0.1, 0.15) is 18.2 Å². The van der Waals surface area contributed by atoms with Crippen molar-refractivity contribution in [2.75, 3.05) is 11.5 Å². The number of cyclic esters (lactones) is 1. The van der Waals surface area contributed by atoms with Crippen molar-refractivity contribution in [1.29, 1.82) is 0 Å². The summed E-state index contributed by atoms with van der Waals surface area (Å²) in [4.78, 5) is 24.9. The number of carbonyl (C=O) groups is 2. The van der Waals surface area contributed by atoms with Crippen LogP contribution in [-0.4, -0.2) is 24.7 Å². The van der Waals surface area contributed by atoms with Gasteiger partial charge in [-0.25, -0.2) is 14.1 Å². The van der Waals surface area contributed by atoms with Gasteiger partial charge in [0.2, 0.25) is 0 Å². The Hall–Kier alpha value is -2.08. The van der Waals surface area contributed by atoms with E-state index in [0.29, 0.717) is 4.90 Å². The van der Waals surface area contributed by atoms with Crippen LogP contribution >= 0.6 is 11.6 Å². The lowest BCUT2D eigenvalue weighted by Gasteiger charge is -2.16. The highest BCUT2D eigenvalue weighted by Gasteiger charge is 2.44. The molecule has 7 heteroatoms. The Kier molecular flexibility index (Phi) is 4.94. The second kappa shape index (κ2) is 6.58. The maximum Gasteiger partial charge on any atom is 0.422 e. The third kappa shape index (κ3) is 3.47. The summed E-state index contributed by atoms with van der Waals surface area (Å²) in [5, 5.41) is 0.0351. The number of carbonyl (C=O) groups excluding carboxylic acids is 2. The van der Waals surface area contributed by atoms with Crippen LogP contribution in [0.1, 0.15) is 20.8 Å². The molecule has 0 aromatic heterocycles. The summed E-state index contributed by atoms with van der Waals surface area (Å²) in [6, 6.07) is 2.20. The third-order valence-corrected chi connectivity index (χ3v) is 3.49. The summed E-state index contributed by atoms with van der Waals surface area (Å²) < 4.78 is 24.6. The van der Waals surface area contributed by atoms with Crippen LogP contribution in [0, 0.1) is 11.7 Å². The Morgan fingerprint density at radius 2 is 2.13 bits per heavy atom. The minimum absolute atomic E-state index is 0.0351. The summed E-state index contributed by atoms with van der Waals surface area (Å²) in [7, 11) is 0. The number of rotatable bonds is 5. The van der Waals surface area contributed by atoms with E-state index < -0.39 is 23.9 Å². The van der Waals surface area contributed by atoms with Gasteiger partial charge < -0.3 is 9.47 Å². The van der Waals surface area contributed by atoms with Gasteiger partial charge >= 0.3 is 6.09 Å². The van der Waals surface area contributed by atoms with E-state index in [-0.39, 0.29) is 29.0 Å². The predicted octanol–water partition coefficient (Wildman–Crippen LogP) is 3.94. The molecule has 5 nitrogen and oxygen atoms in total. The van der Waals surface area contributed by atoms with Crippen molar-refractivity contribution in [3.8, 4) is 5.75 Å². The molecule has 124 valence electrons. The highest BCUT2D eigenvalue weighted by molar-refractivity contribution is 6.32. The van der Waals surface area contributed by atoms with E-state index in [9.17, 15) is 14.0 Å². The highest BCUT2D eigenvalue weighted by Crippen LogP contribution is 2.35. The van der Waals surface area contributed by atoms with Crippen molar-refractivity contribution in [2.45, 2.75) is 26.9 Å².